The van der Waals surface area contributed by atoms with Crippen LogP contribution < -0.4 is 29.6 Å². The summed E-state index contributed by atoms with van der Waals surface area (Å²) in [6.07, 6.45) is 3.84. The van der Waals surface area contributed by atoms with E-state index in [0.717, 1.165) is 22.4 Å². The third-order valence-electron chi connectivity index (χ3n) is 5.02. The number of rotatable bonds is 8. The molecule has 0 aliphatic rings. The fourth-order valence-corrected chi connectivity index (χ4v) is 3.31. The van der Waals surface area contributed by atoms with E-state index in [9.17, 15) is 4.79 Å². The zero-order valence-electron chi connectivity index (χ0n) is 19.4. The van der Waals surface area contributed by atoms with Gasteiger partial charge < -0.3 is 29.6 Å². The summed E-state index contributed by atoms with van der Waals surface area (Å²) in [5.74, 6) is 2.23. The Kier molecular flexibility index (Phi) is 7.81. The monoisotopic (exact) mass is 448 g/mol. The van der Waals surface area contributed by atoms with Crippen LogP contribution in [0.2, 0.25) is 0 Å². The van der Waals surface area contributed by atoms with Gasteiger partial charge >= 0.3 is 6.03 Å². The zero-order chi connectivity index (χ0) is 23.8. The molecule has 2 N–H and O–H groups in total. The van der Waals surface area contributed by atoms with Gasteiger partial charge in [-0.3, -0.25) is 0 Å². The molecule has 0 spiro atoms. The Bertz CT molecular complexity index is 1130. The molecule has 3 aromatic carbocycles. The molecule has 0 fully saturated rings. The van der Waals surface area contributed by atoms with Crippen molar-refractivity contribution in [3.63, 3.8) is 0 Å². The molecule has 7 heteroatoms. The highest BCUT2D eigenvalue weighted by Gasteiger charge is 2.12. The molecule has 0 saturated heterocycles. The Morgan fingerprint density at radius 3 is 1.91 bits per heavy atom. The number of carbonyl (C=O) groups excluding carboxylic acids is 1. The molecule has 33 heavy (non-hydrogen) atoms. The van der Waals surface area contributed by atoms with E-state index < -0.39 is 0 Å². The second-order valence-electron chi connectivity index (χ2n) is 7.15. The van der Waals surface area contributed by atoms with Crippen LogP contribution in [0.15, 0.2) is 54.6 Å². The second kappa shape index (κ2) is 10.9. The molecule has 0 aliphatic heterocycles. The van der Waals surface area contributed by atoms with Crippen molar-refractivity contribution in [3.05, 3.63) is 71.3 Å². The Hall–Kier alpha value is -4.13. The summed E-state index contributed by atoms with van der Waals surface area (Å²) >= 11 is 0. The van der Waals surface area contributed by atoms with Gasteiger partial charge in [0.25, 0.3) is 0 Å². The Morgan fingerprint density at radius 1 is 0.697 bits per heavy atom. The summed E-state index contributed by atoms with van der Waals surface area (Å²) in [4.78, 5) is 12.6. The maximum atomic E-state index is 12.6. The van der Waals surface area contributed by atoms with E-state index in [2.05, 4.69) is 10.6 Å². The first-order chi connectivity index (χ1) is 16.0. The minimum atomic E-state index is -0.353. The minimum absolute atomic E-state index is 0.353. The number of carbonyl (C=O) groups is 1. The number of methoxy groups -OCH3 is 4. The van der Waals surface area contributed by atoms with Crippen molar-refractivity contribution in [2.24, 2.45) is 0 Å². The lowest BCUT2D eigenvalue weighted by molar-refractivity contribution is 0.262. The lowest BCUT2D eigenvalue weighted by atomic mass is 10.1. The van der Waals surface area contributed by atoms with Crippen LogP contribution in [0, 0.1) is 6.92 Å². The average Bonchev–Trinajstić information content (AvgIpc) is 2.83. The zero-order valence-corrected chi connectivity index (χ0v) is 19.4. The van der Waals surface area contributed by atoms with Crippen molar-refractivity contribution >= 4 is 29.6 Å². The summed E-state index contributed by atoms with van der Waals surface area (Å²) in [7, 11) is 6.28. The predicted octanol–water partition coefficient (Wildman–Crippen LogP) is 5.84. The fourth-order valence-electron chi connectivity index (χ4n) is 3.31. The Balaban J connectivity index is 1.83. The van der Waals surface area contributed by atoms with Gasteiger partial charge in [-0.25, -0.2) is 4.79 Å². The van der Waals surface area contributed by atoms with E-state index in [1.807, 2.05) is 67.6 Å². The number of urea groups is 1. The van der Waals surface area contributed by atoms with Gasteiger partial charge in [0.1, 0.15) is 5.75 Å². The molecule has 3 aromatic rings. The van der Waals surface area contributed by atoms with Gasteiger partial charge in [-0.05, 0) is 53.9 Å². The summed E-state index contributed by atoms with van der Waals surface area (Å²) in [6, 6.07) is 16.5. The van der Waals surface area contributed by atoms with E-state index in [1.54, 1.807) is 34.5 Å². The summed E-state index contributed by atoms with van der Waals surface area (Å²) in [5.41, 5.74) is 4.01. The molecule has 0 heterocycles. The molecular formula is C26H28N2O5. The van der Waals surface area contributed by atoms with E-state index in [0.29, 0.717) is 28.7 Å². The van der Waals surface area contributed by atoms with Gasteiger partial charge in [0.2, 0.25) is 5.75 Å². The van der Waals surface area contributed by atoms with Crippen LogP contribution in [0.1, 0.15) is 16.7 Å². The molecule has 7 nitrogen and oxygen atoms in total. The van der Waals surface area contributed by atoms with Crippen LogP contribution >= 0.6 is 0 Å². The Labute approximate surface area is 193 Å². The molecular weight excluding hydrogens is 420 g/mol. The molecule has 0 aromatic heterocycles. The number of amides is 2. The van der Waals surface area contributed by atoms with Crippen LogP contribution in [-0.4, -0.2) is 34.5 Å². The fraction of sp³-hybridized carbons (Fsp3) is 0.192. The number of aryl methyl sites for hydroxylation is 1. The number of hydrogen-bond acceptors (Lipinski definition) is 5. The number of benzene rings is 3. The summed E-state index contributed by atoms with van der Waals surface area (Å²) in [6.45, 7) is 1.94. The maximum Gasteiger partial charge on any atom is 0.323 e. The normalized spacial score (nSPS) is 10.6. The summed E-state index contributed by atoms with van der Waals surface area (Å²) < 4.78 is 21.6. The molecule has 172 valence electrons. The number of nitrogens with one attached hydrogen (secondary N) is 2. The molecule has 0 unspecified atom stereocenters. The third-order valence-corrected chi connectivity index (χ3v) is 5.02. The largest absolute Gasteiger partial charge is 0.495 e. The SMILES string of the molecule is COc1ccc(/C=C\c2cc(OC)c(OC)c(OC)c2)cc1NC(=O)Nc1ccccc1C. The lowest BCUT2D eigenvalue weighted by Crippen LogP contribution is -2.20. The van der Waals surface area contributed by atoms with Gasteiger partial charge in [0, 0.05) is 5.69 Å². The van der Waals surface area contributed by atoms with E-state index in [1.165, 1.54) is 0 Å². The van der Waals surface area contributed by atoms with Crippen molar-refractivity contribution in [2.45, 2.75) is 6.92 Å². The highest BCUT2D eigenvalue weighted by molar-refractivity contribution is 6.01. The van der Waals surface area contributed by atoms with Gasteiger partial charge in [0.05, 0.1) is 34.1 Å². The van der Waals surface area contributed by atoms with Crippen LogP contribution in [0.25, 0.3) is 12.2 Å². The Morgan fingerprint density at radius 2 is 1.30 bits per heavy atom. The van der Waals surface area contributed by atoms with Gasteiger partial charge in [-0.2, -0.15) is 0 Å². The summed E-state index contributed by atoms with van der Waals surface area (Å²) in [5, 5.41) is 5.72. The predicted molar refractivity (Wildman–Crippen MR) is 132 cm³/mol. The first kappa shape index (κ1) is 23.5. The van der Waals surface area contributed by atoms with Crippen LogP contribution in [0.3, 0.4) is 0 Å². The quantitative estimate of drug-likeness (QED) is 0.423. The highest BCUT2D eigenvalue weighted by atomic mass is 16.5. The number of anilines is 2. The van der Waals surface area contributed by atoms with Gasteiger partial charge in [-0.15, -0.1) is 0 Å². The van der Waals surface area contributed by atoms with Crippen LogP contribution in [0.4, 0.5) is 16.2 Å². The molecule has 0 saturated carbocycles. The standard InChI is InChI=1S/C26H28N2O5/c1-17-8-6-7-9-20(17)27-26(29)28-21-14-18(12-13-22(21)30-2)10-11-19-15-23(31-3)25(33-5)24(16-19)32-4/h6-16H,1-5H3,(H2,27,28,29)/b11-10-. The molecule has 0 atom stereocenters. The number of hydrogen-bond donors (Lipinski definition) is 2. The highest BCUT2D eigenvalue weighted by Crippen LogP contribution is 2.38. The topological polar surface area (TPSA) is 78.1 Å². The van der Waals surface area contributed by atoms with E-state index in [4.69, 9.17) is 18.9 Å². The first-order valence-electron chi connectivity index (χ1n) is 10.3. The smallest absolute Gasteiger partial charge is 0.323 e. The van der Waals surface area contributed by atoms with Gasteiger partial charge in [0.15, 0.2) is 11.5 Å². The minimum Gasteiger partial charge on any atom is -0.495 e. The maximum absolute atomic E-state index is 12.6. The number of ether oxygens (including phenoxy) is 4. The average molecular weight is 449 g/mol. The van der Waals surface area contributed by atoms with Crippen LogP contribution in [-0.2, 0) is 0 Å². The van der Waals surface area contributed by atoms with Crippen molar-refractivity contribution in [3.8, 4) is 23.0 Å². The second-order valence-corrected chi connectivity index (χ2v) is 7.15. The van der Waals surface area contributed by atoms with Crippen LogP contribution in [0.5, 0.6) is 23.0 Å². The van der Waals surface area contributed by atoms with Gasteiger partial charge in [-0.1, -0.05) is 36.4 Å². The van der Waals surface area contributed by atoms with Crippen molar-refractivity contribution in [1.29, 1.82) is 0 Å². The molecule has 2 amide bonds. The molecule has 0 aliphatic carbocycles. The first-order valence-corrected chi connectivity index (χ1v) is 10.3. The van der Waals surface area contributed by atoms with E-state index >= 15 is 0 Å². The van der Waals surface area contributed by atoms with Crippen molar-refractivity contribution < 1.29 is 23.7 Å². The molecule has 0 radical (unpaired) electrons. The molecule has 3 rings (SSSR count). The number of para-hydroxylation sites is 1. The van der Waals surface area contributed by atoms with Crippen molar-refractivity contribution in [1.82, 2.24) is 0 Å². The lowest BCUT2D eigenvalue weighted by Gasteiger charge is -2.13. The third kappa shape index (κ3) is 5.77. The van der Waals surface area contributed by atoms with E-state index in [-0.39, 0.29) is 6.03 Å². The molecule has 0 bridgehead atoms. The van der Waals surface area contributed by atoms with Crippen molar-refractivity contribution in [2.75, 3.05) is 39.1 Å².